The lowest BCUT2D eigenvalue weighted by molar-refractivity contribution is 0.0746. The van der Waals surface area contributed by atoms with Crippen LogP contribution in [0, 0.1) is 0 Å². The molecule has 8 heteroatoms. The van der Waals surface area contributed by atoms with Crippen LogP contribution in [-0.4, -0.2) is 57.2 Å². The Morgan fingerprint density at radius 3 is 2.79 bits per heavy atom. The number of aromatic nitrogens is 4. The van der Waals surface area contributed by atoms with Crippen LogP contribution in [0.25, 0.3) is 11.0 Å². The van der Waals surface area contributed by atoms with Crippen molar-refractivity contribution in [1.82, 2.24) is 25.1 Å². The Labute approximate surface area is 143 Å². The van der Waals surface area contributed by atoms with E-state index in [1.807, 2.05) is 4.90 Å². The standard InChI is InChI=1S/C16H15ClN6O/c17-12-3-1-2-11(8-12)16(24)23-6-4-22(5-7-23)15-13-9-20-21-14(13)18-10-19-15/h1-3,8-10H,4-7H2,(H,18,19,20,21). The second-order valence-corrected chi connectivity index (χ2v) is 6.06. The molecule has 0 radical (unpaired) electrons. The molecule has 0 atom stereocenters. The zero-order valence-electron chi connectivity index (χ0n) is 12.8. The molecule has 7 nitrogen and oxygen atoms in total. The molecule has 0 saturated carbocycles. The third-order valence-corrected chi connectivity index (χ3v) is 4.40. The predicted molar refractivity (Wildman–Crippen MR) is 91.3 cm³/mol. The fraction of sp³-hybridized carbons (Fsp3) is 0.250. The van der Waals surface area contributed by atoms with Crippen LogP contribution in [0.3, 0.4) is 0 Å². The van der Waals surface area contributed by atoms with E-state index in [-0.39, 0.29) is 5.91 Å². The van der Waals surface area contributed by atoms with Crippen molar-refractivity contribution in [2.75, 3.05) is 31.1 Å². The monoisotopic (exact) mass is 342 g/mol. The van der Waals surface area contributed by atoms with Crippen LogP contribution in [0.2, 0.25) is 5.02 Å². The van der Waals surface area contributed by atoms with Crippen LogP contribution >= 0.6 is 11.6 Å². The van der Waals surface area contributed by atoms with Gasteiger partial charge in [0.15, 0.2) is 5.65 Å². The van der Waals surface area contributed by atoms with E-state index in [1.165, 1.54) is 6.33 Å². The van der Waals surface area contributed by atoms with Gasteiger partial charge >= 0.3 is 0 Å². The average molecular weight is 343 g/mol. The number of hydrogen-bond donors (Lipinski definition) is 1. The molecule has 1 N–H and O–H groups in total. The summed E-state index contributed by atoms with van der Waals surface area (Å²) in [5.74, 6) is 0.858. The summed E-state index contributed by atoms with van der Waals surface area (Å²) >= 11 is 5.97. The molecule has 0 unspecified atom stereocenters. The van der Waals surface area contributed by atoms with E-state index in [9.17, 15) is 4.79 Å². The van der Waals surface area contributed by atoms with Gasteiger partial charge in [0.05, 0.1) is 11.6 Å². The van der Waals surface area contributed by atoms with Crippen molar-refractivity contribution in [2.45, 2.75) is 0 Å². The van der Waals surface area contributed by atoms with Gasteiger partial charge in [-0.15, -0.1) is 0 Å². The Balaban J connectivity index is 1.49. The number of fused-ring (bicyclic) bond motifs is 1. The van der Waals surface area contributed by atoms with Crippen molar-refractivity contribution in [3.63, 3.8) is 0 Å². The highest BCUT2D eigenvalue weighted by Crippen LogP contribution is 2.22. The molecule has 1 amide bonds. The number of amides is 1. The molecular weight excluding hydrogens is 328 g/mol. The van der Waals surface area contributed by atoms with Crippen LogP contribution in [0.15, 0.2) is 36.8 Å². The van der Waals surface area contributed by atoms with E-state index in [0.29, 0.717) is 36.8 Å². The van der Waals surface area contributed by atoms with Gasteiger partial charge in [0.2, 0.25) is 0 Å². The van der Waals surface area contributed by atoms with Crippen LogP contribution < -0.4 is 4.90 Å². The highest BCUT2D eigenvalue weighted by atomic mass is 35.5. The minimum Gasteiger partial charge on any atom is -0.352 e. The van der Waals surface area contributed by atoms with Crippen LogP contribution in [-0.2, 0) is 0 Å². The minimum absolute atomic E-state index is 0.00768. The topological polar surface area (TPSA) is 78.0 Å². The second-order valence-electron chi connectivity index (χ2n) is 5.62. The first-order chi connectivity index (χ1) is 11.7. The third kappa shape index (κ3) is 2.67. The molecule has 1 fully saturated rings. The Morgan fingerprint density at radius 1 is 1.17 bits per heavy atom. The molecule has 3 heterocycles. The van der Waals surface area contributed by atoms with Crippen molar-refractivity contribution in [2.24, 2.45) is 0 Å². The number of carbonyl (C=O) groups excluding carboxylic acids is 1. The van der Waals surface area contributed by atoms with Crippen LogP contribution in [0.4, 0.5) is 5.82 Å². The Bertz CT molecular complexity index is 887. The lowest BCUT2D eigenvalue weighted by Gasteiger charge is -2.35. The number of aromatic amines is 1. The summed E-state index contributed by atoms with van der Waals surface area (Å²) in [5.41, 5.74) is 1.34. The molecule has 24 heavy (non-hydrogen) atoms. The smallest absolute Gasteiger partial charge is 0.254 e. The maximum absolute atomic E-state index is 12.6. The molecule has 2 aromatic heterocycles. The molecule has 0 spiro atoms. The molecule has 1 saturated heterocycles. The molecular formula is C16H15ClN6O. The number of benzene rings is 1. The number of anilines is 1. The van der Waals surface area contributed by atoms with E-state index in [4.69, 9.17) is 11.6 Å². The third-order valence-electron chi connectivity index (χ3n) is 4.16. The van der Waals surface area contributed by atoms with Gasteiger partial charge in [0.25, 0.3) is 5.91 Å². The fourth-order valence-corrected chi connectivity index (χ4v) is 3.12. The van der Waals surface area contributed by atoms with Gasteiger partial charge in [-0.3, -0.25) is 9.89 Å². The molecule has 0 aliphatic carbocycles. The van der Waals surface area contributed by atoms with Crippen molar-refractivity contribution < 1.29 is 4.79 Å². The number of H-pyrrole nitrogens is 1. The molecule has 3 aromatic rings. The molecule has 1 aliphatic heterocycles. The van der Waals surface area contributed by atoms with Gasteiger partial charge in [-0.2, -0.15) is 5.10 Å². The Kier molecular flexibility index (Phi) is 3.78. The lowest BCUT2D eigenvalue weighted by atomic mass is 10.2. The first kappa shape index (κ1) is 14.9. The first-order valence-corrected chi connectivity index (χ1v) is 8.04. The number of nitrogens with one attached hydrogen (secondary N) is 1. The average Bonchev–Trinajstić information content (AvgIpc) is 3.10. The van der Waals surface area contributed by atoms with Gasteiger partial charge in [-0.25, -0.2) is 9.97 Å². The second kappa shape index (κ2) is 6.09. The predicted octanol–water partition coefficient (Wildman–Crippen LogP) is 1.97. The fourth-order valence-electron chi connectivity index (χ4n) is 2.93. The summed E-state index contributed by atoms with van der Waals surface area (Å²) < 4.78 is 0. The number of rotatable bonds is 2. The first-order valence-electron chi connectivity index (χ1n) is 7.66. The summed E-state index contributed by atoms with van der Waals surface area (Å²) in [6.07, 6.45) is 3.26. The van der Waals surface area contributed by atoms with Crippen LogP contribution in [0.5, 0.6) is 0 Å². The van der Waals surface area contributed by atoms with Gasteiger partial charge < -0.3 is 9.80 Å². The SMILES string of the molecule is O=C(c1cccc(Cl)c1)N1CCN(c2ncnc3[nH]ncc23)CC1. The van der Waals surface area contributed by atoms with E-state index in [2.05, 4.69) is 25.1 Å². The van der Waals surface area contributed by atoms with Crippen molar-refractivity contribution >= 4 is 34.4 Å². The maximum Gasteiger partial charge on any atom is 0.254 e. The van der Waals surface area contributed by atoms with Crippen LogP contribution in [0.1, 0.15) is 10.4 Å². The molecule has 4 rings (SSSR count). The summed E-state index contributed by atoms with van der Waals surface area (Å²) in [6.45, 7) is 2.69. The van der Waals surface area contributed by atoms with E-state index in [0.717, 1.165) is 16.9 Å². The maximum atomic E-state index is 12.6. The van der Waals surface area contributed by atoms with Gasteiger partial charge in [0.1, 0.15) is 12.1 Å². The zero-order chi connectivity index (χ0) is 16.5. The van der Waals surface area contributed by atoms with Crippen molar-refractivity contribution in [3.05, 3.63) is 47.4 Å². The number of piperazine rings is 1. The van der Waals surface area contributed by atoms with Crippen molar-refractivity contribution in [3.8, 4) is 0 Å². The number of halogens is 1. The number of hydrogen-bond acceptors (Lipinski definition) is 5. The minimum atomic E-state index is 0.00768. The highest BCUT2D eigenvalue weighted by molar-refractivity contribution is 6.30. The molecule has 1 aliphatic rings. The summed E-state index contributed by atoms with van der Waals surface area (Å²) in [7, 11) is 0. The lowest BCUT2D eigenvalue weighted by Crippen LogP contribution is -2.49. The quantitative estimate of drug-likeness (QED) is 0.770. The highest BCUT2D eigenvalue weighted by Gasteiger charge is 2.24. The summed E-state index contributed by atoms with van der Waals surface area (Å²) in [6, 6.07) is 7.06. The van der Waals surface area contributed by atoms with E-state index in [1.54, 1.807) is 30.5 Å². The zero-order valence-corrected chi connectivity index (χ0v) is 13.6. The van der Waals surface area contributed by atoms with Gasteiger partial charge in [-0.05, 0) is 18.2 Å². The summed E-state index contributed by atoms with van der Waals surface area (Å²) in [5, 5.41) is 8.33. The molecule has 0 bridgehead atoms. The largest absolute Gasteiger partial charge is 0.352 e. The van der Waals surface area contributed by atoms with E-state index >= 15 is 0 Å². The summed E-state index contributed by atoms with van der Waals surface area (Å²) in [4.78, 5) is 25.1. The van der Waals surface area contributed by atoms with Gasteiger partial charge in [-0.1, -0.05) is 17.7 Å². The van der Waals surface area contributed by atoms with Gasteiger partial charge in [0, 0.05) is 36.8 Å². The molecule has 122 valence electrons. The van der Waals surface area contributed by atoms with Crippen molar-refractivity contribution in [1.29, 1.82) is 0 Å². The Hall–Kier alpha value is -2.67. The normalized spacial score (nSPS) is 15.0. The van der Waals surface area contributed by atoms with E-state index < -0.39 is 0 Å². The number of nitrogens with zero attached hydrogens (tertiary/aromatic N) is 5. The number of carbonyl (C=O) groups is 1. The molecule has 1 aromatic carbocycles. The Morgan fingerprint density at radius 2 is 2.00 bits per heavy atom.